The van der Waals surface area contributed by atoms with E-state index in [0.717, 1.165) is 18.4 Å². The van der Waals surface area contributed by atoms with Crippen LogP contribution in [0.15, 0.2) is 30.3 Å². The van der Waals surface area contributed by atoms with E-state index in [4.69, 9.17) is 9.47 Å². The number of carbonyl (C=O) groups excluding carboxylic acids is 7. The fourth-order valence-electron chi connectivity index (χ4n) is 8.15. The molecule has 2 aliphatic carbocycles. The number of alkyl carbamates (subject to hydrolysis) is 1. The van der Waals surface area contributed by atoms with Crippen LogP contribution in [0.1, 0.15) is 138 Å². The average molecular weight is 841 g/mol. The van der Waals surface area contributed by atoms with Crippen molar-refractivity contribution in [1.29, 1.82) is 0 Å². The molecule has 60 heavy (non-hydrogen) atoms. The van der Waals surface area contributed by atoms with Crippen LogP contribution in [0.5, 0.6) is 0 Å². The third-order valence-corrected chi connectivity index (χ3v) is 11.2. The normalized spacial score (nSPS) is 17.6. The van der Waals surface area contributed by atoms with E-state index in [2.05, 4.69) is 31.9 Å². The number of benzene rings is 1. The number of nitrogens with one attached hydrogen (secondary N) is 6. The lowest BCUT2D eigenvalue weighted by atomic mass is 9.92. The van der Waals surface area contributed by atoms with Gasteiger partial charge in [0.05, 0.1) is 7.11 Å². The minimum Gasteiger partial charge on any atom is -0.467 e. The van der Waals surface area contributed by atoms with Gasteiger partial charge in [0.15, 0.2) is 0 Å². The third-order valence-electron chi connectivity index (χ3n) is 11.2. The number of methoxy groups -OCH3 is 1. The molecule has 0 aliphatic heterocycles. The number of amides is 6. The van der Waals surface area contributed by atoms with Crippen LogP contribution in [-0.2, 0) is 44.8 Å². The lowest BCUT2D eigenvalue weighted by Gasteiger charge is -2.34. The molecule has 6 N–H and O–H groups in total. The summed E-state index contributed by atoms with van der Waals surface area (Å²) in [7, 11) is 1.29. The first-order chi connectivity index (χ1) is 28.3. The molecule has 0 bridgehead atoms. The summed E-state index contributed by atoms with van der Waals surface area (Å²) in [4.78, 5) is 95.8. The van der Waals surface area contributed by atoms with Crippen molar-refractivity contribution < 1.29 is 43.0 Å². The van der Waals surface area contributed by atoms with E-state index >= 15 is 0 Å². The third kappa shape index (κ3) is 15.1. The summed E-state index contributed by atoms with van der Waals surface area (Å²) in [6.07, 6.45) is 4.68. The zero-order chi connectivity index (χ0) is 44.6. The quantitative estimate of drug-likeness (QED) is 0.0872. The van der Waals surface area contributed by atoms with Gasteiger partial charge < -0.3 is 41.4 Å². The lowest BCUT2D eigenvalue weighted by Crippen LogP contribution is -2.64. The van der Waals surface area contributed by atoms with Crippen molar-refractivity contribution in [1.82, 2.24) is 31.9 Å². The maximum Gasteiger partial charge on any atom is 0.408 e. The van der Waals surface area contributed by atoms with Gasteiger partial charge in [0.1, 0.15) is 41.9 Å². The van der Waals surface area contributed by atoms with Crippen molar-refractivity contribution in [3.63, 3.8) is 0 Å². The summed E-state index contributed by atoms with van der Waals surface area (Å²) in [5.74, 6) is -3.19. The van der Waals surface area contributed by atoms with Crippen LogP contribution >= 0.6 is 0 Å². The zero-order valence-corrected chi connectivity index (χ0v) is 37.4. The van der Waals surface area contributed by atoms with E-state index in [1.54, 1.807) is 0 Å². The summed E-state index contributed by atoms with van der Waals surface area (Å²) in [6, 6.07) is 5.13. The Hall–Kier alpha value is -4.69. The van der Waals surface area contributed by atoms with Crippen LogP contribution in [0.3, 0.4) is 0 Å². The molecule has 6 amide bonds. The number of carbonyl (C=O) groups is 7. The van der Waals surface area contributed by atoms with Gasteiger partial charge in [0.25, 0.3) is 0 Å². The molecule has 0 unspecified atom stereocenters. The maximum atomic E-state index is 14.4. The molecule has 1 aromatic carbocycles. The molecular formula is C45H72N6O9. The highest BCUT2D eigenvalue weighted by molar-refractivity contribution is 5.99. The topological polar surface area (TPSA) is 210 Å². The highest BCUT2D eigenvalue weighted by Gasteiger charge is 2.47. The van der Waals surface area contributed by atoms with E-state index < -0.39 is 76.8 Å². The van der Waals surface area contributed by atoms with Gasteiger partial charge in [-0.3, -0.25) is 24.0 Å². The molecule has 4 atom stereocenters. The number of ether oxygens (including phenoxy) is 2. The molecule has 336 valence electrons. The minimum absolute atomic E-state index is 0.0120. The molecule has 2 fully saturated rings. The molecule has 15 nitrogen and oxygen atoms in total. The highest BCUT2D eigenvalue weighted by Crippen LogP contribution is 2.32. The summed E-state index contributed by atoms with van der Waals surface area (Å²) in [5.41, 5.74) is -1.72. The van der Waals surface area contributed by atoms with Gasteiger partial charge in [-0.2, -0.15) is 0 Å². The second-order valence-corrected chi connectivity index (χ2v) is 18.5. The van der Waals surface area contributed by atoms with Gasteiger partial charge in [-0.25, -0.2) is 9.59 Å². The molecule has 3 rings (SSSR count). The SMILES string of the molecule is COC(=O)C1(NC(=O)[C@H](CC(C)C)NC(=O)[C@H](CC(C)C)NC(=O)C2(NC(=O)[C@H](CC(C)C)NC(=O)[C@H](CC(C)C)NC(=O)OCc3ccccc3)CCCC2)CCCC1. The molecule has 2 aliphatic rings. The monoisotopic (exact) mass is 841 g/mol. The second kappa shape index (κ2) is 23.3. The molecule has 1 aromatic rings. The van der Waals surface area contributed by atoms with Crippen molar-refractivity contribution in [2.45, 2.75) is 174 Å². The van der Waals surface area contributed by atoms with Gasteiger partial charge in [0, 0.05) is 0 Å². The summed E-state index contributed by atoms with van der Waals surface area (Å²) in [5, 5.41) is 17.2. The predicted octanol–water partition coefficient (Wildman–Crippen LogP) is 4.95. The molecule has 0 heterocycles. The Labute approximate surface area is 356 Å². The van der Waals surface area contributed by atoms with E-state index in [1.165, 1.54) is 7.11 Å². The lowest BCUT2D eigenvalue weighted by molar-refractivity contribution is -0.151. The van der Waals surface area contributed by atoms with Crippen LogP contribution in [-0.4, -0.2) is 84.0 Å². The molecule has 0 spiro atoms. The van der Waals surface area contributed by atoms with E-state index in [1.807, 2.05) is 85.7 Å². The Morgan fingerprint density at radius 2 is 0.917 bits per heavy atom. The molecule has 0 aromatic heterocycles. The smallest absolute Gasteiger partial charge is 0.408 e. The van der Waals surface area contributed by atoms with Crippen molar-refractivity contribution in [3.05, 3.63) is 35.9 Å². The first-order valence-corrected chi connectivity index (χ1v) is 21.9. The van der Waals surface area contributed by atoms with Gasteiger partial charge in [0.2, 0.25) is 29.5 Å². The molecule has 0 radical (unpaired) electrons. The standard InChI is InChI=1S/C45H72N6O9/c1-28(2)23-33(37(52)46-36(26-31(7)8)40(55)51-45(42(57)59-9)21-15-16-22-45)48-41(56)44(19-13-14-20-44)50-39(54)35(25-30(5)6)47-38(53)34(24-29(3)4)49-43(58)60-27-32-17-11-10-12-18-32/h10-12,17-18,28-31,33-36H,13-16,19-27H2,1-9H3,(H,46,52)(H,47,53)(H,48,56)(H,49,58)(H,50,54)(H,51,55)/t33-,34-,35-,36-/m0/s1. The van der Waals surface area contributed by atoms with Crippen LogP contribution < -0.4 is 31.9 Å². The maximum absolute atomic E-state index is 14.4. The number of esters is 1. The first kappa shape index (κ1) is 49.7. The van der Waals surface area contributed by atoms with Crippen molar-refractivity contribution in [2.75, 3.05) is 7.11 Å². The average Bonchev–Trinajstić information content (AvgIpc) is 3.86. The summed E-state index contributed by atoms with van der Waals surface area (Å²) < 4.78 is 10.4. The van der Waals surface area contributed by atoms with Gasteiger partial charge >= 0.3 is 12.1 Å². The van der Waals surface area contributed by atoms with Crippen molar-refractivity contribution >= 4 is 41.6 Å². The van der Waals surface area contributed by atoms with Gasteiger partial charge in [-0.15, -0.1) is 0 Å². The van der Waals surface area contributed by atoms with Crippen LogP contribution in [0.25, 0.3) is 0 Å². The Bertz CT molecular complexity index is 1600. The number of rotatable bonds is 22. The molecule has 2 saturated carbocycles. The van der Waals surface area contributed by atoms with E-state index in [9.17, 15) is 33.6 Å². The Balaban J connectivity index is 1.78. The van der Waals surface area contributed by atoms with Crippen LogP contribution in [0, 0.1) is 23.7 Å². The van der Waals surface area contributed by atoms with Gasteiger partial charge in [-0.05, 0) is 80.6 Å². The molecule has 0 saturated heterocycles. The zero-order valence-electron chi connectivity index (χ0n) is 37.4. The number of hydrogen-bond donors (Lipinski definition) is 6. The fraction of sp³-hybridized carbons (Fsp3) is 0.711. The fourth-order valence-corrected chi connectivity index (χ4v) is 8.15. The Kier molecular flexibility index (Phi) is 19.3. The second-order valence-electron chi connectivity index (χ2n) is 18.5. The van der Waals surface area contributed by atoms with E-state index in [-0.39, 0.29) is 43.1 Å². The largest absolute Gasteiger partial charge is 0.467 e. The molecule has 15 heteroatoms. The van der Waals surface area contributed by atoms with Gasteiger partial charge in [-0.1, -0.05) is 111 Å². The molecular weight excluding hydrogens is 769 g/mol. The van der Waals surface area contributed by atoms with Crippen LogP contribution in [0.4, 0.5) is 4.79 Å². The highest BCUT2D eigenvalue weighted by atomic mass is 16.5. The Morgan fingerprint density at radius 1 is 0.533 bits per heavy atom. The van der Waals surface area contributed by atoms with Crippen molar-refractivity contribution in [3.8, 4) is 0 Å². The number of hydrogen-bond acceptors (Lipinski definition) is 9. The van der Waals surface area contributed by atoms with Crippen LogP contribution in [0.2, 0.25) is 0 Å². The summed E-state index contributed by atoms with van der Waals surface area (Å²) in [6.45, 7) is 15.4. The Morgan fingerprint density at radius 3 is 1.33 bits per heavy atom. The predicted molar refractivity (Wildman–Crippen MR) is 228 cm³/mol. The first-order valence-electron chi connectivity index (χ1n) is 21.9. The minimum atomic E-state index is -1.35. The summed E-state index contributed by atoms with van der Waals surface area (Å²) >= 11 is 0. The van der Waals surface area contributed by atoms with Crippen molar-refractivity contribution in [2.24, 2.45) is 23.7 Å². The van der Waals surface area contributed by atoms with E-state index in [0.29, 0.717) is 51.4 Å².